The molecule has 0 bridgehead atoms. The summed E-state index contributed by atoms with van der Waals surface area (Å²) in [7, 11) is 0. The van der Waals surface area contributed by atoms with Crippen molar-refractivity contribution in [1.82, 2.24) is 19.9 Å². The third-order valence-corrected chi connectivity index (χ3v) is 7.88. The normalized spacial score (nSPS) is 26.0. The molecule has 2 saturated carbocycles. The zero-order valence-corrected chi connectivity index (χ0v) is 19.8. The standard InChI is InChI=1S/C23H30N6O3S/c1-10(13-4-5-13)25-23-26-11(2)17(22-28-18-12(3)24-7-6-16(18)33-22)21(29-23)27-15-8-14(9-30)19(31)20(15)32/h6-7,10,13-15,19-20,30-32H,4-5,8-9H2,1-3H3,(H2,25,26,27,29)/t10-,14-,15-,19-,20+/m1/s1. The summed E-state index contributed by atoms with van der Waals surface area (Å²) in [4.78, 5) is 18.7. The van der Waals surface area contributed by atoms with Crippen LogP contribution in [0.25, 0.3) is 20.8 Å². The van der Waals surface area contributed by atoms with Crippen molar-refractivity contribution in [2.45, 2.75) is 64.3 Å². The molecule has 10 heteroatoms. The monoisotopic (exact) mass is 470 g/mol. The lowest BCUT2D eigenvalue weighted by molar-refractivity contribution is 0.00446. The SMILES string of the molecule is Cc1nc(N[C@H](C)C2CC2)nc(N[C@@H]2C[C@H](CO)[C@@H](O)[C@H]2O)c1-c1nc2c(C)nccc2s1. The van der Waals surface area contributed by atoms with Crippen molar-refractivity contribution in [3.05, 3.63) is 23.7 Å². The molecule has 9 nitrogen and oxygen atoms in total. The van der Waals surface area contributed by atoms with Gasteiger partial charge in [-0.25, -0.2) is 9.97 Å². The van der Waals surface area contributed by atoms with Crippen molar-refractivity contribution < 1.29 is 15.3 Å². The highest BCUT2D eigenvalue weighted by Crippen LogP contribution is 2.39. The summed E-state index contributed by atoms with van der Waals surface area (Å²) in [5.74, 6) is 1.35. The summed E-state index contributed by atoms with van der Waals surface area (Å²) in [5, 5.41) is 38.0. The lowest BCUT2D eigenvalue weighted by Crippen LogP contribution is -2.36. The predicted octanol–water partition coefficient (Wildman–Crippen LogP) is 2.49. The van der Waals surface area contributed by atoms with E-state index in [0.717, 1.165) is 32.2 Å². The van der Waals surface area contributed by atoms with E-state index < -0.39 is 18.2 Å². The average Bonchev–Trinajstić information content (AvgIpc) is 3.49. The molecular formula is C23H30N6O3S. The maximum Gasteiger partial charge on any atom is 0.225 e. The molecule has 0 aliphatic heterocycles. The van der Waals surface area contributed by atoms with E-state index in [2.05, 4.69) is 22.5 Å². The van der Waals surface area contributed by atoms with Crippen LogP contribution in [0.5, 0.6) is 0 Å². The molecule has 0 spiro atoms. The highest BCUT2D eigenvalue weighted by Gasteiger charge is 2.41. The van der Waals surface area contributed by atoms with Crippen LogP contribution in [0.2, 0.25) is 0 Å². The summed E-state index contributed by atoms with van der Waals surface area (Å²) >= 11 is 1.55. The van der Waals surface area contributed by atoms with E-state index in [1.165, 1.54) is 12.8 Å². The van der Waals surface area contributed by atoms with Crippen molar-refractivity contribution in [2.24, 2.45) is 11.8 Å². The second-order valence-corrected chi connectivity index (χ2v) is 10.3. The molecule has 5 atom stereocenters. The molecule has 3 heterocycles. The number of aliphatic hydroxyl groups is 3. The number of thiazole rings is 1. The second kappa shape index (κ2) is 8.75. The topological polar surface area (TPSA) is 136 Å². The van der Waals surface area contributed by atoms with Gasteiger partial charge >= 0.3 is 0 Å². The maximum absolute atomic E-state index is 10.6. The first-order valence-corrected chi connectivity index (χ1v) is 12.3. The van der Waals surface area contributed by atoms with Gasteiger partial charge < -0.3 is 26.0 Å². The number of aromatic nitrogens is 4. The Bertz CT molecular complexity index is 1170. The van der Waals surface area contributed by atoms with Crippen LogP contribution < -0.4 is 10.6 Å². The van der Waals surface area contributed by atoms with Crippen LogP contribution in [-0.2, 0) is 0 Å². The van der Waals surface area contributed by atoms with Gasteiger partial charge in [0.05, 0.1) is 33.8 Å². The number of hydrogen-bond acceptors (Lipinski definition) is 10. The fourth-order valence-electron chi connectivity index (χ4n) is 4.63. The van der Waals surface area contributed by atoms with Crippen molar-refractivity contribution >= 4 is 33.3 Å². The fraction of sp³-hybridized carbons (Fsp3) is 0.565. The number of rotatable bonds is 7. The Balaban J connectivity index is 1.55. The molecule has 0 unspecified atom stereocenters. The van der Waals surface area contributed by atoms with E-state index in [1.807, 2.05) is 19.9 Å². The third-order valence-electron chi connectivity index (χ3n) is 6.84. The van der Waals surface area contributed by atoms with E-state index >= 15 is 0 Å². The van der Waals surface area contributed by atoms with Crippen molar-refractivity contribution in [2.75, 3.05) is 17.2 Å². The highest BCUT2D eigenvalue weighted by atomic mass is 32.1. The van der Waals surface area contributed by atoms with Crippen molar-refractivity contribution in [1.29, 1.82) is 0 Å². The smallest absolute Gasteiger partial charge is 0.225 e. The Kier molecular flexibility index (Phi) is 5.94. The molecule has 2 aliphatic carbocycles. The zero-order chi connectivity index (χ0) is 23.3. The number of nitrogens with zero attached hydrogens (tertiary/aromatic N) is 4. The molecule has 0 amide bonds. The molecule has 0 saturated heterocycles. The van der Waals surface area contributed by atoms with Gasteiger partial charge in [-0.3, -0.25) is 4.98 Å². The number of aliphatic hydroxyl groups excluding tert-OH is 3. The molecule has 2 fully saturated rings. The van der Waals surface area contributed by atoms with E-state index in [1.54, 1.807) is 17.5 Å². The molecule has 33 heavy (non-hydrogen) atoms. The average molecular weight is 471 g/mol. The first kappa shape index (κ1) is 22.4. The Morgan fingerprint density at radius 2 is 1.91 bits per heavy atom. The van der Waals surface area contributed by atoms with Crippen LogP contribution >= 0.6 is 11.3 Å². The van der Waals surface area contributed by atoms with Crippen LogP contribution in [0.3, 0.4) is 0 Å². The van der Waals surface area contributed by atoms with E-state index in [9.17, 15) is 15.3 Å². The Hall–Kier alpha value is -2.40. The number of anilines is 2. The van der Waals surface area contributed by atoms with E-state index in [-0.39, 0.29) is 18.6 Å². The first-order valence-electron chi connectivity index (χ1n) is 11.5. The molecule has 0 radical (unpaired) electrons. The highest BCUT2D eigenvalue weighted by molar-refractivity contribution is 7.21. The summed E-state index contributed by atoms with van der Waals surface area (Å²) < 4.78 is 1.03. The molecule has 0 aromatic carbocycles. The Morgan fingerprint density at radius 1 is 1.12 bits per heavy atom. The van der Waals surface area contributed by atoms with Crippen LogP contribution in [0.1, 0.15) is 37.6 Å². The van der Waals surface area contributed by atoms with Gasteiger partial charge in [0.15, 0.2) is 0 Å². The molecule has 176 valence electrons. The summed E-state index contributed by atoms with van der Waals surface area (Å²) in [6.07, 6.45) is 2.65. The van der Waals surface area contributed by atoms with Crippen LogP contribution in [0, 0.1) is 25.7 Å². The molecular weight excluding hydrogens is 440 g/mol. The van der Waals surface area contributed by atoms with Crippen molar-refractivity contribution in [3.63, 3.8) is 0 Å². The van der Waals surface area contributed by atoms with Crippen molar-refractivity contribution in [3.8, 4) is 10.6 Å². The van der Waals surface area contributed by atoms with Gasteiger partial charge in [-0.1, -0.05) is 0 Å². The van der Waals surface area contributed by atoms with Gasteiger partial charge in [-0.15, -0.1) is 11.3 Å². The molecule has 2 aliphatic rings. The van der Waals surface area contributed by atoms with Crippen LogP contribution in [-0.4, -0.2) is 66.2 Å². The molecule has 3 aromatic rings. The van der Waals surface area contributed by atoms with E-state index in [0.29, 0.717) is 24.1 Å². The minimum atomic E-state index is -1.01. The van der Waals surface area contributed by atoms with Gasteiger partial charge in [0, 0.05) is 24.8 Å². The second-order valence-electron chi connectivity index (χ2n) is 9.30. The number of nitrogens with one attached hydrogen (secondary N) is 2. The lowest BCUT2D eigenvalue weighted by Gasteiger charge is -2.22. The Labute approximate surface area is 196 Å². The van der Waals surface area contributed by atoms with Gasteiger partial charge in [0.1, 0.15) is 22.4 Å². The van der Waals surface area contributed by atoms with E-state index in [4.69, 9.17) is 15.0 Å². The van der Waals surface area contributed by atoms with Gasteiger partial charge in [-0.2, -0.15) is 4.98 Å². The molecule has 5 N–H and O–H groups in total. The number of pyridine rings is 1. The maximum atomic E-state index is 10.6. The minimum absolute atomic E-state index is 0.179. The lowest BCUT2D eigenvalue weighted by atomic mass is 10.1. The first-order chi connectivity index (χ1) is 15.9. The van der Waals surface area contributed by atoms with Crippen LogP contribution in [0.15, 0.2) is 12.3 Å². The van der Waals surface area contributed by atoms with Gasteiger partial charge in [0.2, 0.25) is 5.95 Å². The molecule has 3 aromatic heterocycles. The number of hydrogen-bond donors (Lipinski definition) is 5. The minimum Gasteiger partial charge on any atom is -0.396 e. The zero-order valence-electron chi connectivity index (χ0n) is 19.0. The van der Waals surface area contributed by atoms with Gasteiger partial charge in [0.25, 0.3) is 0 Å². The summed E-state index contributed by atoms with van der Waals surface area (Å²) in [6.45, 7) is 5.83. The number of fused-ring (bicyclic) bond motifs is 1. The van der Waals surface area contributed by atoms with Gasteiger partial charge in [-0.05, 0) is 52.0 Å². The van der Waals surface area contributed by atoms with Crippen LogP contribution in [0.4, 0.5) is 11.8 Å². The Morgan fingerprint density at radius 3 is 2.58 bits per heavy atom. The quantitative estimate of drug-likeness (QED) is 0.353. The molecule has 5 rings (SSSR count). The largest absolute Gasteiger partial charge is 0.396 e. The summed E-state index contributed by atoms with van der Waals surface area (Å²) in [6, 6.07) is 1.77. The number of aryl methyl sites for hydroxylation is 2. The predicted molar refractivity (Wildman–Crippen MR) is 128 cm³/mol. The fourth-order valence-corrected chi connectivity index (χ4v) is 5.74. The third kappa shape index (κ3) is 4.28. The summed E-state index contributed by atoms with van der Waals surface area (Å²) in [5.41, 5.74) is 3.26.